The number of carbonyl (C=O) groups is 1. The van der Waals surface area contributed by atoms with Crippen LogP contribution in [0.4, 0.5) is 5.69 Å². The fourth-order valence-electron chi connectivity index (χ4n) is 5.62. The van der Waals surface area contributed by atoms with Crippen molar-refractivity contribution in [1.82, 2.24) is 10.2 Å². The fourth-order valence-corrected chi connectivity index (χ4v) is 5.62. The van der Waals surface area contributed by atoms with Gasteiger partial charge in [0.2, 0.25) is 0 Å². The van der Waals surface area contributed by atoms with Crippen molar-refractivity contribution in [3.63, 3.8) is 0 Å². The Balaban J connectivity index is 1.10. The Morgan fingerprint density at radius 2 is 1.91 bits per heavy atom. The number of rotatable bonds is 5. The molecule has 1 spiro atoms. The first-order valence-electron chi connectivity index (χ1n) is 12.2. The Morgan fingerprint density at radius 1 is 1.09 bits per heavy atom. The van der Waals surface area contributed by atoms with Crippen LogP contribution in [-0.4, -0.2) is 55.7 Å². The van der Waals surface area contributed by atoms with Crippen molar-refractivity contribution in [2.45, 2.75) is 56.8 Å². The van der Waals surface area contributed by atoms with Gasteiger partial charge in [0.15, 0.2) is 0 Å². The second-order valence-corrected chi connectivity index (χ2v) is 9.80. The van der Waals surface area contributed by atoms with E-state index in [-0.39, 0.29) is 17.6 Å². The Hall–Kier alpha value is -2.37. The van der Waals surface area contributed by atoms with Gasteiger partial charge in [-0.1, -0.05) is 30.3 Å². The van der Waals surface area contributed by atoms with E-state index in [9.17, 15) is 4.79 Å². The van der Waals surface area contributed by atoms with Gasteiger partial charge >= 0.3 is 0 Å². The minimum absolute atomic E-state index is 0.0111. The third-order valence-electron chi connectivity index (χ3n) is 7.53. The van der Waals surface area contributed by atoms with Gasteiger partial charge in [-0.05, 0) is 67.9 Å². The normalized spacial score (nSPS) is 22.7. The highest BCUT2D eigenvalue weighted by molar-refractivity contribution is 5.94. The van der Waals surface area contributed by atoms with Gasteiger partial charge in [-0.15, -0.1) is 0 Å². The first kappa shape index (κ1) is 21.5. The van der Waals surface area contributed by atoms with Gasteiger partial charge in [0, 0.05) is 51.0 Å². The van der Waals surface area contributed by atoms with Gasteiger partial charge in [-0.25, -0.2) is 0 Å². The minimum Gasteiger partial charge on any atom is -0.374 e. The summed E-state index contributed by atoms with van der Waals surface area (Å²) in [5, 5.41) is 3.05. The van der Waals surface area contributed by atoms with Crippen molar-refractivity contribution < 1.29 is 9.53 Å². The number of benzene rings is 2. The Labute approximate surface area is 191 Å². The molecular formula is C27H35N3O2. The number of likely N-dealkylation sites (tertiary alicyclic amines) is 1. The molecule has 5 nitrogen and oxygen atoms in total. The number of carbonyl (C=O) groups excluding carboxylic acids is 1. The lowest BCUT2D eigenvalue weighted by atomic mass is 9.88. The Kier molecular flexibility index (Phi) is 6.20. The average Bonchev–Trinajstić information content (AvgIpc) is 3.22. The van der Waals surface area contributed by atoms with Gasteiger partial charge in [0.1, 0.15) is 0 Å². The summed E-state index contributed by atoms with van der Waals surface area (Å²) in [4.78, 5) is 17.3. The summed E-state index contributed by atoms with van der Waals surface area (Å²) in [6.45, 7) is 4.96. The summed E-state index contributed by atoms with van der Waals surface area (Å²) < 4.78 is 6.51. The molecular weight excluding hydrogens is 398 g/mol. The number of piperidine rings is 1. The van der Waals surface area contributed by atoms with Crippen molar-refractivity contribution in [3.05, 3.63) is 65.2 Å². The molecule has 0 aliphatic carbocycles. The maximum atomic E-state index is 12.3. The van der Waals surface area contributed by atoms with E-state index in [4.69, 9.17) is 4.74 Å². The number of aryl methyl sites for hydroxylation is 1. The molecule has 2 aromatic carbocycles. The van der Waals surface area contributed by atoms with Gasteiger partial charge < -0.3 is 15.0 Å². The number of anilines is 1. The molecule has 2 fully saturated rings. The summed E-state index contributed by atoms with van der Waals surface area (Å²) in [6, 6.07) is 16.5. The zero-order chi connectivity index (χ0) is 22.0. The van der Waals surface area contributed by atoms with E-state index >= 15 is 0 Å². The maximum Gasteiger partial charge on any atom is 0.251 e. The SMILES string of the molecule is CN1CCCc2cc(CN3CCC4(CCC(CNC(=O)c5ccccc5)O4)CC3)ccc21. The van der Waals surface area contributed by atoms with Crippen LogP contribution >= 0.6 is 0 Å². The van der Waals surface area contributed by atoms with Crippen LogP contribution < -0.4 is 10.2 Å². The third-order valence-corrected chi connectivity index (χ3v) is 7.53. The highest BCUT2D eigenvalue weighted by Gasteiger charge is 2.42. The molecule has 5 heteroatoms. The monoisotopic (exact) mass is 433 g/mol. The molecule has 2 aromatic rings. The first-order chi connectivity index (χ1) is 15.6. The summed E-state index contributed by atoms with van der Waals surface area (Å²) in [7, 11) is 2.20. The second-order valence-electron chi connectivity index (χ2n) is 9.80. The highest BCUT2D eigenvalue weighted by atomic mass is 16.5. The van der Waals surface area contributed by atoms with E-state index in [1.807, 2.05) is 30.3 Å². The van der Waals surface area contributed by atoms with Crippen molar-refractivity contribution in [1.29, 1.82) is 0 Å². The van der Waals surface area contributed by atoms with Crippen LogP contribution in [0.5, 0.6) is 0 Å². The molecule has 0 saturated carbocycles. The van der Waals surface area contributed by atoms with Crippen LogP contribution in [0.15, 0.2) is 48.5 Å². The number of hydrogen-bond donors (Lipinski definition) is 1. The lowest BCUT2D eigenvalue weighted by molar-refractivity contribution is -0.0764. The van der Waals surface area contributed by atoms with Gasteiger partial charge in [-0.3, -0.25) is 9.69 Å². The molecule has 0 aromatic heterocycles. The molecule has 1 atom stereocenters. The van der Waals surface area contributed by atoms with E-state index in [0.717, 1.165) is 51.9 Å². The maximum absolute atomic E-state index is 12.3. The topological polar surface area (TPSA) is 44.8 Å². The van der Waals surface area contributed by atoms with E-state index in [1.54, 1.807) is 0 Å². The highest BCUT2D eigenvalue weighted by Crippen LogP contribution is 2.39. The van der Waals surface area contributed by atoms with Crippen molar-refractivity contribution >= 4 is 11.6 Å². The average molecular weight is 434 g/mol. The van der Waals surface area contributed by atoms with Gasteiger partial charge in [-0.2, -0.15) is 0 Å². The quantitative estimate of drug-likeness (QED) is 0.774. The van der Waals surface area contributed by atoms with Crippen LogP contribution in [0.1, 0.15) is 53.6 Å². The van der Waals surface area contributed by atoms with E-state index < -0.39 is 0 Å². The number of ether oxygens (including phenoxy) is 1. The molecule has 1 unspecified atom stereocenters. The molecule has 1 amide bonds. The molecule has 3 heterocycles. The van der Waals surface area contributed by atoms with Gasteiger partial charge in [0.25, 0.3) is 5.91 Å². The van der Waals surface area contributed by atoms with E-state index in [0.29, 0.717) is 12.1 Å². The minimum atomic E-state index is -0.0128. The number of amides is 1. The van der Waals surface area contributed by atoms with Crippen LogP contribution in [0, 0.1) is 0 Å². The van der Waals surface area contributed by atoms with E-state index in [2.05, 4.69) is 40.4 Å². The molecule has 1 N–H and O–H groups in total. The van der Waals surface area contributed by atoms with Gasteiger partial charge in [0.05, 0.1) is 11.7 Å². The molecule has 3 aliphatic heterocycles. The predicted octanol–water partition coefficient (Wildman–Crippen LogP) is 4.01. The van der Waals surface area contributed by atoms with Crippen LogP contribution in [0.25, 0.3) is 0 Å². The molecule has 32 heavy (non-hydrogen) atoms. The zero-order valence-corrected chi connectivity index (χ0v) is 19.2. The predicted molar refractivity (Wildman–Crippen MR) is 128 cm³/mol. The van der Waals surface area contributed by atoms with Crippen LogP contribution in [0.2, 0.25) is 0 Å². The zero-order valence-electron chi connectivity index (χ0n) is 19.2. The summed E-state index contributed by atoms with van der Waals surface area (Å²) in [6.07, 6.45) is 6.90. The largest absolute Gasteiger partial charge is 0.374 e. The smallest absolute Gasteiger partial charge is 0.251 e. The number of nitrogens with one attached hydrogen (secondary N) is 1. The summed E-state index contributed by atoms with van der Waals surface area (Å²) in [5.74, 6) is -0.0128. The number of hydrogen-bond acceptors (Lipinski definition) is 4. The second kappa shape index (κ2) is 9.24. The summed E-state index contributed by atoms with van der Waals surface area (Å²) >= 11 is 0. The molecule has 5 rings (SSSR count). The third kappa shape index (κ3) is 4.69. The molecule has 0 radical (unpaired) electrons. The standard InChI is InChI=1S/C27H35N3O2/c1-29-15-5-8-23-18-21(9-10-25(23)29)20-30-16-13-27(14-17-30)12-11-24(32-27)19-28-26(31)22-6-3-2-4-7-22/h2-4,6-7,9-10,18,24H,5,8,11-17,19-20H2,1H3,(H,28,31). The number of fused-ring (bicyclic) bond motifs is 1. The molecule has 0 bridgehead atoms. The lowest BCUT2D eigenvalue weighted by Crippen LogP contribution is -2.44. The summed E-state index contributed by atoms with van der Waals surface area (Å²) in [5.41, 5.74) is 5.06. The first-order valence-corrected chi connectivity index (χ1v) is 12.2. The van der Waals surface area contributed by atoms with Crippen LogP contribution in [0.3, 0.4) is 0 Å². The van der Waals surface area contributed by atoms with Crippen LogP contribution in [-0.2, 0) is 17.7 Å². The fraction of sp³-hybridized carbons (Fsp3) is 0.519. The number of nitrogens with zero attached hydrogens (tertiary/aromatic N) is 2. The van der Waals surface area contributed by atoms with Crippen molar-refractivity contribution in [2.75, 3.05) is 38.1 Å². The Bertz CT molecular complexity index is 937. The lowest BCUT2D eigenvalue weighted by Gasteiger charge is -2.39. The molecule has 170 valence electrons. The molecule has 2 saturated heterocycles. The molecule has 3 aliphatic rings. The van der Waals surface area contributed by atoms with Crippen molar-refractivity contribution in [3.8, 4) is 0 Å². The van der Waals surface area contributed by atoms with Crippen molar-refractivity contribution in [2.24, 2.45) is 0 Å². The Morgan fingerprint density at radius 3 is 2.72 bits per heavy atom. The van der Waals surface area contributed by atoms with E-state index in [1.165, 1.54) is 29.7 Å².